The van der Waals surface area contributed by atoms with Crippen LogP contribution in [0.1, 0.15) is 32.6 Å². The fourth-order valence-corrected chi connectivity index (χ4v) is 3.17. The average molecular weight is 298 g/mol. The molecule has 116 valence electrons. The molecule has 0 saturated heterocycles. The van der Waals surface area contributed by atoms with Crippen LogP contribution in [0.5, 0.6) is 0 Å². The number of hydrogen-bond donors (Lipinski definition) is 3. The minimum Gasteiger partial charge on any atom is -0.326 e. The van der Waals surface area contributed by atoms with E-state index in [-0.39, 0.29) is 11.8 Å². The number of carbonyl (C=O) groups is 1. The first-order chi connectivity index (χ1) is 10.6. The number of benzene rings is 1. The Kier molecular flexibility index (Phi) is 3.98. The molecule has 1 aromatic heterocycles. The number of amides is 1. The van der Waals surface area contributed by atoms with Crippen molar-refractivity contribution in [2.24, 2.45) is 11.7 Å². The molecule has 1 heterocycles. The van der Waals surface area contributed by atoms with Gasteiger partial charge in [-0.05, 0) is 43.5 Å². The SMILES string of the molecule is CC1(N)CCCCC1C(=O)Nc1ccc(-c2ccn[nH]2)cc1. The first kappa shape index (κ1) is 14.8. The Labute approximate surface area is 130 Å². The number of aromatic nitrogens is 2. The van der Waals surface area contributed by atoms with Gasteiger partial charge in [0.2, 0.25) is 5.91 Å². The van der Waals surface area contributed by atoms with Gasteiger partial charge in [-0.2, -0.15) is 5.10 Å². The van der Waals surface area contributed by atoms with Crippen LogP contribution in [-0.4, -0.2) is 21.6 Å². The van der Waals surface area contributed by atoms with Crippen LogP contribution in [0.15, 0.2) is 36.5 Å². The molecule has 1 aromatic carbocycles. The van der Waals surface area contributed by atoms with Gasteiger partial charge in [-0.3, -0.25) is 9.89 Å². The lowest BCUT2D eigenvalue weighted by atomic mass is 9.74. The minimum atomic E-state index is -0.405. The van der Waals surface area contributed by atoms with Gasteiger partial charge in [0.1, 0.15) is 0 Å². The molecule has 2 aromatic rings. The van der Waals surface area contributed by atoms with Crippen molar-refractivity contribution in [1.82, 2.24) is 10.2 Å². The highest BCUT2D eigenvalue weighted by atomic mass is 16.1. The summed E-state index contributed by atoms with van der Waals surface area (Å²) in [6.07, 6.45) is 5.67. The van der Waals surface area contributed by atoms with Crippen molar-refractivity contribution >= 4 is 11.6 Å². The Morgan fingerprint density at radius 2 is 2.09 bits per heavy atom. The van der Waals surface area contributed by atoms with Gasteiger partial charge in [0.25, 0.3) is 0 Å². The zero-order chi connectivity index (χ0) is 15.6. The second-order valence-corrected chi connectivity index (χ2v) is 6.34. The third kappa shape index (κ3) is 3.04. The molecule has 0 aliphatic heterocycles. The molecule has 1 amide bonds. The van der Waals surface area contributed by atoms with Gasteiger partial charge in [-0.25, -0.2) is 0 Å². The van der Waals surface area contributed by atoms with Crippen LogP contribution < -0.4 is 11.1 Å². The number of aromatic amines is 1. The van der Waals surface area contributed by atoms with Crippen LogP contribution >= 0.6 is 0 Å². The number of nitrogens with two attached hydrogens (primary N) is 1. The van der Waals surface area contributed by atoms with Crippen LogP contribution in [0.4, 0.5) is 5.69 Å². The Morgan fingerprint density at radius 1 is 1.32 bits per heavy atom. The summed E-state index contributed by atoms with van der Waals surface area (Å²) in [5, 5.41) is 9.86. The number of rotatable bonds is 3. The fraction of sp³-hybridized carbons (Fsp3) is 0.412. The molecule has 0 radical (unpaired) electrons. The van der Waals surface area contributed by atoms with Crippen LogP contribution in [-0.2, 0) is 4.79 Å². The van der Waals surface area contributed by atoms with Crippen molar-refractivity contribution < 1.29 is 4.79 Å². The lowest BCUT2D eigenvalue weighted by Gasteiger charge is -2.37. The molecule has 2 unspecified atom stereocenters. The molecule has 4 N–H and O–H groups in total. The predicted octanol–water partition coefficient (Wildman–Crippen LogP) is 2.92. The third-order valence-corrected chi connectivity index (χ3v) is 4.53. The van der Waals surface area contributed by atoms with Gasteiger partial charge >= 0.3 is 0 Å². The molecule has 1 aliphatic carbocycles. The van der Waals surface area contributed by atoms with E-state index >= 15 is 0 Å². The molecule has 5 nitrogen and oxygen atoms in total. The highest BCUT2D eigenvalue weighted by Gasteiger charge is 2.37. The van der Waals surface area contributed by atoms with Gasteiger partial charge in [0.15, 0.2) is 0 Å². The second kappa shape index (κ2) is 5.93. The van der Waals surface area contributed by atoms with Crippen LogP contribution in [0.3, 0.4) is 0 Å². The van der Waals surface area contributed by atoms with Crippen LogP contribution in [0.2, 0.25) is 0 Å². The van der Waals surface area contributed by atoms with Gasteiger partial charge < -0.3 is 11.1 Å². The molecule has 1 fully saturated rings. The second-order valence-electron chi connectivity index (χ2n) is 6.34. The summed E-state index contributed by atoms with van der Waals surface area (Å²) in [7, 11) is 0. The summed E-state index contributed by atoms with van der Waals surface area (Å²) in [6.45, 7) is 1.98. The van der Waals surface area contributed by atoms with E-state index in [0.717, 1.165) is 42.6 Å². The van der Waals surface area contributed by atoms with Gasteiger partial charge in [0.05, 0.1) is 11.6 Å². The fourth-order valence-electron chi connectivity index (χ4n) is 3.17. The van der Waals surface area contributed by atoms with E-state index in [1.165, 1.54) is 0 Å². The summed E-state index contributed by atoms with van der Waals surface area (Å²) >= 11 is 0. The van der Waals surface area contributed by atoms with Gasteiger partial charge in [0, 0.05) is 17.4 Å². The Morgan fingerprint density at radius 3 is 2.73 bits per heavy atom. The lowest BCUT2D eigenvalue weighted by molar-refractivity contribution is -0.122. The largest absolute Gasteiger partial charge is 0.326 e. The summed E-state index contributed by atoms with van der Waals surface area (Å²) in [4.78, 5) is 12.5. The third-order valence-electron chi connectivity index (χ3n) is 4.53. The number of carbonyl (C=O) groups excluding carboxylic acids is 1. The summed E-state index contributed by atoms with van der Waals surface area (Å²) < 4.78 is 0. The number of anilines is 1. The maximum Gasteiger partial charge on any atom is 0.229 e. The lowest BCUT2D eigenvalue weighted by Crippen LogP contribution is -2.51. The van der Waals surface area contributed by atoms with Crippen LogP contribution in [0.25, 0.3) is 11.3 Å². The summed E-state index contributed by atoms with van der Waals surface area (Å²) in [5.41, 5.74) is 8.69. The molecule has 1 aliphatic rings. The Hall–Kier alpha value is -2.14. The predicted molar refractivity (Wildman–Crippen MR) is 87.2 cm³/mol. The highest BCUT2D eigenvalue weighted by Crippen LogP contribution is 2.32. The quantitative estimate of drug-likeness (QED) is 0.814. The molecule has 0 bridgehead atoms. The highest BCUT2D eigenvalue weighted by molar-refractivity contribution is 5.93. The maximum atomic E-state index is 12.5. The van der Waals surface area contributed by atoms with Crippen molar-refractivity contribution in [1.29, 1.82) is 0 Å². The van der Waals surface area contributed by atoms with E-state index in [0.29, 0.717) is 0 Å². The number of nitrogens with zero attached hydrogens (tertiary/aromatic N) is 1. The molecule has 22 heavy (non-hydrogen) atoms. The van der Waals surface area contributed by atoms with E-state index in [4.69, 9.17) is 5.73 Å². The maximum absolute atomic E-state index is 12.5. The normalized spacial score (nSPS) is 24.9. The van der Waals surface area contributed by atoms with Crippen molar-refractivity contribution in [3.8, 4) is 11.3 Å². The summed E-state index contributed by atoms with van der Waals surface area (Å²) in [5.74, 6) is -0.0903. The molecule has 1 saturated carbocycles. The Bertz CT molecular complexity index is 631. The minimum absolute atomic E-state index is 0.0268. The Balaban J connectivity index is 1.69. The van der Waals surface area contributed by atoms with Gasteiger partial charge in [-0.1, -0.05) is 25.0 Å². The number of H-pyrrole nitrogens is 1. The zero-order valence-electron chi connectivity index (χ0n) is 12.8. The molecular weight excluding hydrogens is 276 g/mol. The molecule has 0 spiro atoms. The van der Waals surface area contributed by atoms with Crippen molar-refractivity contribution in [3.63, 3.8) is 0 Å². The van der Waals surface area contributed by atoms with Gasteiger partial charge in [-0.15, -0.1) is 0 Å². The van der Waals surface area contributed by atoms with E-state index in [1.54, 1.807) is 6.20 Å². The zero-order valence-corrected chi connectivity index (χ0v) is 12.8. The van der Waals surface area contributed by atoms with Crippen molar-refractivity contribution in [2.75, 3.05) is 5.32 Å². The standard InChI is InChI=1S/C17H22N4O/c1-17(18)10-3-2-4-14(17)16(22)20-13-7-5-12(6-8-13)15-9-11-19-21-15/h5-9,11,14H,2-4,10,18H2,1H3,(H,19,21)(H,20,22). The molecule has 5 heteroatoms. The van der Waals surface area contributed by atoms with Crippen molar-refractivity contribution in [3.05, 3.63) is 36.5 Å². The number of nitrogens with one attached hydrogen (secondary N) is 2. The molecular formula is C17H22N4O. The first-order valence-electron chi connectivity index (χ1n) is 7.76. The topological polar surface area (TPSA) is 83.8 Å². The van der Waals surface area contributed by atoms with E-state index in [2.05, 4.69) is 15.5 Å². The average Bonchev–Trinajstić information content (AvgIpc) is 3.01. The smallest absolute Gasteiger partial charge is 0.229 e. The summed E-state index contributed by atoms with van der Waals surface area (Å²) in [6, 6.07) is 9.66. The van der Waals surface area contributed by atoms with E-state index in [9.17, 15) is 4.79 Å². The van der Waals surface area contributed by atoms with E-state index in [1.807, 2.05) is 37.3 Å². The van der Waals surface area contributed by atoms with Crippen LogP contribution in [0, 0.1) is 5.92 Å². The first-order valence-corrected chi connectivity index (χ1v) is 7.76. The molecule has 2 atom stereocenters. The molecule has 3 rings (SSSR count). The monoisotopic (exact) mass is 298 g/mol. The van der Waals surface area contributed by atoms with Crippen molar-refractivity contribution in [2.45, 2.75) is 38.1 Å². The van der Waals surface area contributed by atoms with E-state index < -0.39 is 5.54 Å². The number of hydrogen-bond acceptors (Lipinski definition) is 3.